The van der Waals surface area contributed by atoms with Crippen molar-refractivity contribution in [2.45, 2.75) is 12.3 Å². The van der Waals surface area contributed by atoms with Gasteiger partial charge in [0.05, 0.1) is 26.4 Å². The van der Waals surface area contributed by atoms with Gasteiger partial charge in [-0.25, -0.2) is 0 Å². The van der Waals surface area contributed by atoms with Crippen molar-refractivity contribution in [1.82, 2.24) is 20.3 Å². The van der Waals surface area contributed by atoms with Gasteiger partial charge in [-0.05, 0) is 29.7 Å². The highest BCUT2D eigenvalue weighted by Gasteiger charge is 2.14. The third-order valence-electron chi connectivity index (χ3n) is 6.65. The van der Waals surface area contributed by atoms with Crippen molar-refractivity contribution >= 4 is 23.8 Å². The summed E-state index contributed by atoms with van der Waals surface area (Å²) in [6, 6.07) is 30.1. The Kier molecular flexibility index (Phi) is 13.9. The van der Waals surface area contributed by atoms with Crippen LogP contribution in [0, 0.1) is 0 Å². The van der Waals surface area contributed by atoms with Gasteiger partial charge in [0.15, 0.2) is 0 Å². The van der Waals surface area contributed by atoms with E-state index >= 15 is 0 Å². The Bertz CT molecular complexity index is 1320. The van der Waals surface area contributed by atoms with Gasteiger partial charge >= 0.3 is 0 Å². The summed E-state index contributed by atoms with van der Waals surface area (Å²) < 4.78 is 11.2. The molecule has 0 unspecified atom stereocenters. The Morgan fingerprint density at radius 1 is 0.614 bits per heavy atom. The monoisotopic (exact) mass is 598 g/mol. The third-order valence-corrected chi connectivity index (χ3v) is 6.65. The predicted molar refractivity (Wildman–Crippen MR) is 174 cm³/mol. The summed E-state index contributed by atoms with van der Waals surface area (Å²) in [5.41, 5.74) is 8.83. The maximum absolute atomic E-state index is 12.0. The fourth-order valence-electron chi connectivity index (χ4n) is 4.51. The maximum atomic E-state index is 12.0. The molecule has 11 heteroatoms. The van der Waals surface area contributed by atoms with Crippen LogP contribution in [-0.2, 0) is 9.47 Å². The van der Waals surface area contributed by atoms with Crippen molar-refractivity contribution in [2.75, 3.05) is 75.1 Å². The van der Waals surface area contributed by atoms with E-state index in [2.05, 4.69) is 84.8 Å². The number of carbonyl (C=O) groups is 1. The first kappa shape index (κ1) is 32.3. The minimum absolute atomic E-state index is 0.113. The number of benzene rings is 3. The standard InChI is InChI=1S/C33H42N8O3/c34-17-19-37-32-39-31(36-18-16-29(26-10-4-1-5-11-26)27-12-6-2-7-13-27)40-33(41-32)38-21-23-44-25-24-43-22-20-35-30(42)28-14-8-3-9-15-28/h1-15,29H,16-25,34H2,(H,35,42)(H3,36,37,38,39,40,41). The van der Waals surface area contributed by atoms with Crippen LogP contribution >= 0.6 is 0 Å². The average molecular weight is 599 g/mol. The number of ether oxygens (including phenoxy) is 2. The molecular weight excluding hydrogens is 556 g/mol. The van der Waals surface area contributed by atoms with Crippen LogP contribution < -0.4 is 27.0 Å². The number of rotatable bonds is 20. The maximum Gasteiger partial charge on any atom is 0.251 e. The lowest BCUT2D eigenvalue weighted by atomic mass is 9.88. The van der Waals surface area contributed by atoms with Crippen LogP contribution in [0.2, 0.25) is 0 Å². The number of amides is 1. The molecule has 3 aromatic carbocycles. The van der Waals surface area contributed by atoms with Crippen LogP contribution in [0.3, 0.4) is 0 Å². The summed E-state index contributed by atoms with van der Waals surface area (Å²) in [5, 5.41) is 12.5. The largest absolute Gasteiger partial charge is 0.377 e. The predicted octanol–water partition coefficient (Wildman–Crippen LogP) is 3.75. The smallest absolute Gasteiger partial charge is 0.251 e. The summed E-state index contributed by atoms with van der Waals surface area (Å²) in [7, 11) is 0. The summed E-state index contributed by atoms with van der Waals surface area (Å²) in [5.74, 6) is 1.51. The molecule has 0 aliphatic carbocycles. The zero-order valence-electron chi connectivity index (χ0n) is 25.0. The van der Waals surface area contributed by atoms with E-state index in [4.69, 9.17) is 15.2 Å². The molecule has 0 saturated carbocycles. The number of nitrogens with zero attached hydrogens (tertiary/aromatic N) is 3. The molecule has 0 aliphatic heterocycles. The van der Waals surface area contributed by atoms with Gasteiger partial charge in [-0.1, -0.05) is 78.9 Å². The normalized spacial score (nSPS) is 10.9. The van der Waals surface area contributed by atoms with Gasteiger partial charge in [0, 0.05) is 44.2 Å². The van der Waals surface area contributed by atoms with Gasteiger partial charge in [-0.15, -0.1) is 0 Å². The van der Waals surface area contributed by atoms with Crippen LogP contribution in [0.4, 0.5) is 17.8 Å². The summed E-state index contributed by atoms with van der Waals surface area (Å²) in [6.45, 7) is 4.36. The van der Waals surface area contributed by atoms with Crippen molar-refractivity contribution in [3.05, 3.63) is 108 Å². The fraction of sp³-hybridized carbons (Fsp3) is 0.333. The van der Waals surface area contributed by atoms with Gasteiger partial charge < -0.3 is 36.5 Å². The number of aromatic nitrogens is 3. The van der Waals surface area contributed by atoms with E-state index in [0.29, 0.717) is 82.6 Å². The number of hydrogen-bond acceptors (Lipinski definition) is 10. The third kappa shape index (κ3) is 11.3. The van der Waals surface area contributed by atoms with Gasteiger partial charge in [0.25, 0.3) is 5.91 Å². The number of nitrogens with two attached hydrogens (primary N) is 1. The topological polar surface area (TPSA) is 148 Å². The Morgan fingerprint density at radius 3 is 1.64 bits per heavy atom. The summed E-state index contributed by atoms with van der Waals surface area (Å²) >= 11 is 0. The molecule has 1 aromatic heterocycles. The van der Waals surface area contributed by atoms with Crippen molar-refractivity contribution < 1.29 is 14.3 Å². The molecule has 11 nitrogen and oxygen atoms in total. The highest BCUT2D eigenvalue weighted by Crippen LogP contribution is 2.27. The molecule has 1 heterocycles. The second kappa shape index (κ2) is 18.9. The Morgan fingerprint density at radius 2 is 1.09 bits per heavy atom. The van der Waals surface area contributed by atoms with Crippen molar-refractivity contribution in [3.8, 4) is 0 Å². The molecule has 232 valence electrons. The van der Waals surface area contributed by atoms with Gasteiger partial charge in [0.2, 0.25) is 17.8 Å². The molecule has 0 saturated heterocycles. The van der Waals surface area contributed by atoms with Gasteiger partial charge in [0.1, 0.15) is 0 Å². The van der Waals surface area contributed by atoms with E-state index in [0.717, 1.165) is 6.42 Å². The molecule has 0 atom stereocenters. The van der Waals surface area contributed by atoms with Crippen LogP contribution in [-0.4, -0.2) is 80.0 Å². The van der Waals surface area contributed by atoms with Crippen molar-refractivity contribution in [2.24, 2.45) is 5.73 Å². The van der Waals surface area contributed by atoms with Crippen molar-refractivity contribution in [1.29, 1.82) is 0 Å². The lowest BCUT2D eigenvalue weighted by Gasteiger charge is -2.18. The first-order chi connectivity index (χ1) is 21.7. The van der Waals surface area contributed by atoms with E-state index in [1.165, 1.54) is 11.1 Å². The van der Waals surface area contributed by atoms with Crippen LogP contribution in [0.1, 0.15) is 33.8 Å². The molecule has 44 heavy (non-hydrogen) atoms. The number of hydrogen-bond donors (Lipinski definition) is 5. The zero-order valence-corrected chi connectivity index (χ0v) is 25.0. The van der Waals surface area contributed by atoms with Crippen molar-refractivity contribution in [3.63, 3.8) is 0 Å². The summed E-state index contributed by atoms with van der Waals surface area (Å²) in [4.78, 5) is 25.6. The van der Waals surface area contributed by atoms with E-state index < -0.39 is 0 Å². The SMILES string of the molecule is NCCNc1nc(NCCOCCOCCNC(=O)c2ccccc2)nc(NCCC(c2ccccc2)c2ccccc2)n1. The molecular formula is C33H42N8O3. The minimum atomic E-state index is -0.113. The molecule has 4 aromatic rings. The number of nitrogens with one attached hydrogen (secondary N) is 4. The second-order valence-corrected chi connectivity index (χ2v) is 9.88. The van der Waals surface area contributed by atoms with Crippen LogP contribution in [0.25, 0.3) is 0 Å². The summed E-state index contributed by atoms with van der Waals surface area (Å²) in [6.07, 6.45) is 0.864. The van der Waals surface area contributed by atoms with E-state index in [1.54, 1.807) is 12.1 Å². The quantitative estimate of drug-likeness (QED) is 0.0953. The molecule has 0 bridgehead atoms. The Labute approximate surface area is 259 Å². The lowest BCUT2D eigenvalue weighted by Crippen LogP contribution is -2.27. The first-order valence-electron chi connectivity index (χ1n) is 15.0. The van der Waals surface area contributed by atoms with E-state index in [-0.39, 0.29) is 11.8 Å². The fourth-order valence-corrected chi connectivity index (χ4v) is 4.51. The Balaban J connectivity index is 1.18. The highest BCUT2D eigenvalue weighted by molar-refractivity contribution is 5.94. The number of carbonyl (C=O) groups excluding carboxylic acids is 1. The number of anilines is 3. The molecule has 0 radical (unpaired) electrons. The van der Waals surface area contributed by atoms with E-state index in [9.17, 15) is 4.79 Å². The second-order valence-electron chi connectivity index (χ2n) is 9.88. The zero-order chi connectivity index (χ0) is 30.7. The molecule has 6 N–H and O–H groups in total. The lowest BCUT2D eigenvalue weighted by molar-refractivity contribution is 0.0519. The first-order valence-corrected chi connectivity index (χ1v) is 15.0. The Hall–Kier alpha value is -4.58. The molecule has 0 fully saturated rings. The average Bonchev–Trinajstić information content (AvgIpc) is 3.07. The van der Waals surface area contributed by atoms with Gasteiger partial charge in [-0.3, -0.25) is 4.79 Å². The molecule has 1 amide bonds. The highest BCUT2D eigenvalue weighted by atomic mass is 16.5. The minimum Gasteiger partial charge on any atom is -0.377 e. The van der Waals surface area contributed by atoms with Gasteiger partial charge in [-0.2, -0.15) is 15.0 Å². The molecule has 4 rings (SSSR count). The van der Waals surface area contributed by atoms with Crippen LogP contribution in [0.5, 0.6) is 0 Å². The van der Waals surface area contributed by atoms with Crippen LogP contribution in [0.15, 0.2) is 91.0 Å². The molecule has 0 spiro atoms. The van der Waals surface area contributed by atoms with E-state index in [1.807, 2.05) is 30.3 Å². The molecule has 0 aliphatic rings.